The quantitative estimate of drug-likeness (QED) is 0.732. The van der Waals surface area contributed by atoms with Crippen LogP contribution in [0.3, 0.4) is 0 Å². The van der Waals surface area contributed by atoms with Gasteiger partial charge in [-0.05, 0) is 0 Å². The van der Waals surface area contributed by atoms with Crippen molar-refractivity contribution in [1.29, 1.82) is 0 Å². The molecule has 0 amide bonds. The van der Waals surface area contributed by atoms with Crippen molar-refractivity contribution < 1.29 is 0 Å². The molecule has 3 nitrogen and oxygen atoms in total. The maximum absolute atomic E-state index is 11.7. The molecule has 4 heteroatoms. The van der Waals surface area contributed by atoms with E-state index in [0.29, 0.717) is 4.71 Å². The topological polar surface area (TPSA) is 37.8 Å². The molecule has 104 valence electrons. The van der Waals surface area contributed by atoms with Gasteiger partial charge in [0.1, 0.15) is 0 Å². The van der Waals surface area contributed by atoms with Gasteiger partial charge in [0, 0.05) is 0 Å². The summed E-state index contributed by atoms with van der Waals surface area (Å²) in [5.41, 5.74) is 7.11. The first-order chi connectivity index (χ1) is 9.58. The summed E-state index contributed by atoms with van der Waals surface area (Å²) in [5.74, 6) is 0. The molecule has 2 heterocycles. The standard InChI is InChI=1S/C16H19AsN2O/c1-11(17(2)3)10-19-15-8-12(20)4-5-13(15)14-6-7-18-9-16(14)19/h4-9,11,18H,10H2,1-3H3. The second-order valence-corrected chi connectivity index (χ2v) is 11.4. The van der Waals surface area contributed by atoms with Crippen LogP contribution in [0, 0.1) is 0 Å². The molecule has 2 aromatic heterocycles. The molecule has 0 saturated carbocycles. The Hall–Kier alpha value is -1.47. The Kier molecular flexibility index (Phi) is 3.47. The van der Waals surface area contributed by atoms with E-state index in [4.69, 9.17) is 0 Å². The second-order valence-electron chi connectivity index (χ2n) is 5.55. The molecule has 0 aliphatic rings. The number of benzene rings is 1. The van der Waals surface area contributed by atoms with Crippen LogP contribution in [0.2, 0.25) is 16.1 Å². The number of fused-ring (bicyclic) bond motifs is 3. The molecule has 0 bridgehead atoms. The number of nitrogens with zero attached hydrogens (tertiary/aromatic N) is 1. The fraction of sp³-hybridized carbons (Fsp3) is 0.312. The third-order valence-corrected chi connectivity index (χ3v) is 8.05. The Morgan fingerprint density at radius 1 is 1.20 bits per heavy atom. The SMILES string of the molecule is CC(Cn1c2c[nH]ccc2c2ccc(=O)cc21)[As](C)C. The maximum atomic E-state index is 11.7. The molecule has 0 fully saturated rings. The van der Waals surface area contributed by atoms with Crippen molar-refractivity contribution in [3.05, 3.63) is 46.9 Å². The van der Waals surface area contributed by atoms with Crippen molar-refractivity contribution in [2.75, 3.05) is 0 Å². The van der Waals surface area contributed by atoms with Gasteiger partial charge in [0.05, 0.1) is 0 Å². The van der Waals surface area contributed by atoms with Crippen LogP contribution in [0.15, 0.2) is 41.5 Å². The van der Waals surface area contributed by atoms with Crippen LogP contribution >= 0.6 is 0 Å². The number of rotatable bonds is 3. The number of nitrogens with one attached hydrogen (secondary N) is 1. The number of aromatic nitrogens is 2. The zero-order chi connectivity index (χ0) is 14.3. The minimum absolute atomic E-state index is 0.0839. The average molecular weight is 330 g/mol. The summed E-state index contributed by atoms with van der Waals surface area (Å²) < 4.78 is 3.01. The fourth-order valence-corrected chi connectivity index (χ4v) is 3.62. The van der Waals surface area contributed by atoms with Crippen LogP contribution in [-0.2, 0) is 6.54 Å². The molecule has 0 saturated heterocycles. The first kappa shape index (κ1) is 13.5. The van der Waals surface area contributed by atoms with E-state index in [-0.39, 0.29) is 5.43 Å². The van der Waals surface area contributed by atoms with Crippen molar-refractivity contribution >= 4 is 36.5 Å². The molecule has 0 spiro atoms. The monoisotopic (exact) mass is 330 g/mol. The van der Waals surface area contributed by atoms with Gasteiger partial charge in [-0.1, -0.05) is 0 Å². The zero-order valence-corrected chi connectivity index (χ0v) is 13.9. The molecular weight excluding hydrogens is 311 g/mol. The Balaban J connectivity index is 2.30. The van der Waals surface area contributed by atoms with Crippen molar-refractivity contribution in [3.63, 3.8) is 0 Å². The molecule has 1 aromatic carbocycles. The van der Waals surface area contributed by atoms with Gasteiger partial charge >= 0.3 is 122 Å². The number of pyridine rings is 1. The summed E-state index contributed by atoms with van der Waals surface area (Å²) in [6, 6.07) is 7.47. The van der Waals surface area contributed by atoms with Gasteiger partial charge in [0.2, 0.25) is 0 Å². The predicted octanol–water partition coefficient (Wildman–Crippen LogP) is 3.63. The van der Waals surface area contributed by atoms with Crippen molar-refractivity contribution in [1.82, 2.24) is 9.55 Å². The van der Waals surface area contributed by atoms with Crippen LogP contribution in [0.1, 0.15) is 6.92 Å². The van der Waals surface area contributed by atoms with Crippen molar-refractivity contribution in [2.24, 2.45) is 0 Å². The molecule has 0 radical (unpaired) electrons. The summed E-state index contributed by atoms with van der Waals surface area (Å²) in [5, 5.41) is 2.39. The predicted molar refractivity (Wildman–Crippen MR) is 87.0 cm³/mol. The van der Waals surface area contributed by atoms with E-state index in [1.807, 2.05) is 18.5 Å². The average Bonchev–Trinajstić information content (AvgIpc) is 2.73. The van der Waals surface area contributed by atoms with E-state index in [1.54, 1.807) is 12.1 Å². The second kappa shape index (κ2) is 5.14. The van der Waals surface area contributed by atoms with Crippen LogP contribution < -0.4 is 5.43 Å². The number of aromatic amines is 1. The van der Waals surface area contributed by atoms with Gasteiger partial charge in [0.25, 0.3) is 0 Å². The third-order valence-electron chi connectivity index (χ3n) is 4.01. The molecule has 3 aromatic rings. The Labute approximate surface area is 122 Å². The molecule has 1 N–H and O–H groups in total. The normalized spacial score (nSPS) is 13.4. The summed E-state index contributed by atoms with van der Waals surface area (Å²) in [6.07, 6.45) is 3.98. The van der Waals surface area contributed by atoms with Crippen LogP contribution in [0.4, 0.5) is 0 Å². The summed E-state index contributed by atoms with van der Waals surface area (Å²) in [6.45, 7) is 3.32. The Morgan fingerprint density at radius 2 is 1.95 bits per heavy atom. The molecule has 1 atom stereocenters. The van der Waals surface area contributed by atoms with Crippen LogP contribution in [0.5, 0.6) is 0 Å². The van der Waals surface area contributed by atoms with E-state index in [2.05, 4.69) is 34.0 Å². The van der Waals surface area contributed by atoms with Gasteiger partial charge in [-0.2, -0.15) is 0 Å². The Morgan fingerprint density at radius 3 is 2.70 bits per heavy atom. The molecule has 20 heavy (non-hydrogen) atoms. The fourth-order valence-electron chi connectivity index (χ4n) is 2.59. The van der Waals surface area contributed by atoms with Crippen LogP contribution in [-0.4, -0.2) is 24.2 Å². The van der Waals surface area contributed by atoms with Gasteiger partial charge in [-0.15, -0.1) is 0 Å². The van der Waals surface area contributed by atoms with E-state index >= 15 is 0 Å². The van der Waals surface area contributed by atoms with Crippen molar-refractivity contribution in [3.8, 4) is 0 Å². The van der Waals surface area contributed by atoms with E-state index in [0.717, 1.165) is 12.1 Å². The number of hydrogen-bond acceptors (Lipinski definition) is 1. The van der Waals surface area contributed by atoms with Gasteiger partial charge in [0.15, 0.2) is 0 Å². The molecule has 3 rings (SSSR count). The number of hydrogen-bond donors (Lipinski definition) is 1. The van der Waals surface area contributed by atoms with Gasteiger partial charge in [-0.3, -0.25) is 0 Å². The van der Waals surface area contributed by atoms with Crippen molar-refractivity contribution in [2.45, 2.75) is 29.6 Å². The molecule has 0 aliphatic heterocycles. The zero-order valence-electron chi connectivity index (χ0n) is 12.1. The van der Waals surface area contributed by atoms with E-state index in [9.17, 15) is 4.79 Å². The minimum atomic E-state index is -0.757. The number of H-pyrrole nitrogens is 1. The summed E-state index contributed by atoms with van der Waals surface area (Å²) in [7, 11) is 0. The molecule has 0 aliphatic carbocycles. The summed E-state index contributed by atoms with van der Waals surface area (Å²) >= 11 is -0.757. The van der Waals surface area contributed by atoms with Gasteiger partial charge in [-0.25, -0.2) is 0 Å². The van der Waals surface area contributed by atoms with E-state index in [1.165, 1.54) is 16.3 Å². The first-order valence-electron chi connectivity index (χ1n) is 6.83. The first-order valence-corrected chi connectivity index (χ1v) is 11.7. The molecular formula is C16H19AsN2O. The summed E-state index contributed by atoms with van der Waals surface area (Å²) in [4.78, 5) is 14.9. The molecule has 1 unspecified atom stereocenters. The van der Waals surface area contributed by atoms with Gasteiger partial charge < -0.3 is 0 Å². The van der Waals surface area contributed by atoms with E-state index < -0.39 is 14.7 Å². The third kappa shape index (κ3) is 2.20. The Bertz CT molecular complexity index is 816. The van der Waals surface area contributed by atoms with Crippen LogP contribution in [0.25, 0.3) is 21.8 Å².